The minimum atomic E-state index is 0.0706. The van der Waals surface area contributed by atoms with E-state index in [2.05, 4.69) is 26.1 Å². The SMILES string of the molecule is Nc1ccc(N2CCCNC(=O)C2)c(Br)c1. The second-order valence-electron chi connectivity index (χ2n) is 3.84. The summed E-state index contributed by atoms with van der Waals surface area (Å²) in [6, 6.07) is 5.65. The Hall–Kier alpha value is -1.23. The Morgan fingerprint density at radius 1 is 1.44 bits per heavy atom. The summed E-state index contributed by atoms with van der Waals surface area (Å²) < 4.78 is 0.933. The van der Waals surface area contributed by atoms with Gasteiger partial charge in [-0.05, 0) is 40.5 Å². The molecule has 1 aromatic carbocycles. The summed E-state index contributed by atoms with van der Waals surface area (Å²) in [5.41, 5.74) is 7.42. The lowest BCUT2D eigenvalue weighted by Gasteiger charge is -2.22. The van der Waals surface area contributed by atoms with Gasteiger partial charge in [-0.15, -0.1) is 0 Å². The highest BCUT2D eigenvalue weighted by Gasteiger charge is 2.16. The van der Waals surface area contributed by atoms with Crippen LogP contribution in [0.4, 0.5) is 11.4 Å². The predicted molar refractivity (Wildman–Crippen MR) is 68.4 cm³/mol. The molecule has 0 aliphatic carbocycles. The third-order valence-corrected chi connectivity index (χ3v) is 3.21. The molecule has 2 rings (SSSR count). The Morgan fingerprint density at radius 2 is 2.25 bits per heavy atom. The maximum absolute atomic E-state index is 11.5. The Bertz CT molecular complexity index is 408. The number of nitrogens with one attached hydrogen (secondary N) is 1. The Kier molecular flexibility index (Phi) is 3.33. The van der Waals surface area contributed by atoms with E-state index in [1.165, 1.54) is 0 Å². The summed E-state index contributed by atoms with van der Waals surface area (Å²) in [4.78, 5) is 13.5. The van der Waals surface area contributed by atoms with Gasteiger partial charge in [0, 0.05) is 23.2 Å². The largest absolute Gasteiger partial charge is 0.399 e. The van der Waals surface area contributed by atoms with E-state index in [0.717, 1.165) is 35.4 Å². The summed E-state index contributed by atoms with van der Waals surface area (Å²) in [6.45, 7) is 2.03. The van der Waals surface area contributed by atoms with E-state index >= 15 is 0 Å². The molecule has 1 amide bonds. The third-order valence-electron chi connectivity index (χ3n) is 2.57. The summed E-state index contributed by atoms with van der Waals surface area (Å²) in [6.07, 6.45) is 0.961. The molecule has 86 valence electrons. The van der Waals surface area contributed by atoms with Crippen LogP contribution in [-0.2, 0) is 4.79 Å². The number of amides is 1. The molecule has 16 heavy (non-hydrogen) atoms. The van der Waals surface area contributed by atoms with Crippen molar-refractivity contribution in [3.63, 3.8) is 0 Å². The number of nitrogens with two attached hydrogens (primary N) is 1. The molecule has 0 aromatic heterocycles. The van der Waals surface area contributed by atoms with E-state index in [1.807, 2.05) is 18.2 Å². The normalized spacial score (nSPS) is 16.8. The van der Waals surface area contributed by atoms with E-state index in [0.29, 0.717) is 6.54 Å². The monoisotopic (exact) mass is 283 g/mol. The van der Waals surface area contributed by atoms with Gasteiger partial charge in [-0.2, -0.15) is 0 Å². The van der Waals surface area contributed by atoms with Crippen molar-refractivity contribution in [3.05, 3.63) is 22.7 Å². The highest BCUT2D eigenvalue weighted by molar-refractivity contribution is 9.10. The van der Waals surface area contributed by atoms with Crippen LogP contribution in [0.2, 0.25) is 0 Å². The number of hydrogen-bond donors (Lipinski definition) is 2. The topological polar surface area (TPSA) is 58.4 Å². The fourth-order valence-corrected chi connectivity index (χ4v) is 2.44. The zero-order chi connectivity index (χ0) is 11.5. The van der Waals surface area contributed by atoms with Gasteiger partial charge >= 0.3 is 0 Å². The standard InChI is InChI=1S/C11H14BrN3O/c12-9-6-8(13)2-3-10(9)15-5-1-4-14-11(16)7-15/h2-3,6H,1,4-5,7,13H2,(H,14,16). The van der Waals surface area contributed by atoms with Crippen LogP contribution in [0.15, 0.2) is 22.7 Å². The zero-order valence-electron chi connectivity index (χ0n) is 8.87. The predicted octanol–water partition coefficient (Wildman–Crippen LogP) is 1.36. The summed E-state index contributed by atoms with van der Waals surface area (Å²) in [5, 5.41) is 2.85. The molecule has 0 radical (unpaired) electrons. The quantitative estimate of drug-likeness (QED) is 0.765. The molecule has 1 saturated heterocycles. The van der Waals surface area contributed by atoms with Crippen LogP contribution in [0.1, 0.15) is 6.42 Å². The van der Waals surface area contributed by atoms with E-state index < -0.39 is 0 Å². The molecule has 1 aliphatic rings. The average Bonchev–Trinajstić information content (AvgIpc) is 2.43. The van der Waals surface area contributed by atoms with Gasteiger partial charge in [0.25, 0.3) is 0 Å². The average molecular weight is 284 g/mol. The molecule has 5 heteroatoms. The number of carbonyl (C=O) groups is 1. The van der Waals surface area contributed by atoms with Gasteiger partial charge in [0.05, 0.1) is 12.2 Å². The molecule has 0 spiro atoms. The molecular weight excluding hydrogens is 270 g/mol. The molecule has 1 aliphatic heterocycles. The zero-order valence-corrected chi connectivity index (χ0v) is 10.5. The van der Waals surface area contributed by atoms with Gasteiger partial charge < -0.3 is 16.0 Å². The van der Waals surface area contributed by atoms with Crippen LogP contribution >= 0.6 is 15.9 Å². The summed E-state index contributed by atoms with van der Waals surface area (Å²) in [7, 11) is 0. The number of benzene rings is 1. The van der Waals surface area contributed by atoms with Crippen molar-refractivity contribution >= 4 is 33.2 Å². The molecule has 0 unspecified atom stereocenters. The van der Waals surface area contributed by atoms with Gasteiger partial charge in [-0.1, -0.05) is 0 Å². The van der Waals surface area contributed by atoms with Crippen molar-refractivity contribution in [2.24, 2.45) is 0 Å². The van der Waals surface area contributed by atoms with Crippen LogP contribution in [0.25, 0.3) is 0 Å². The van der Waals surface area contributed by atoms with E-state index in [-0.39, 0.29) is 5.91 Å². The molecule has 0 bridgehead atoms. The van der Waals surface area contributed by atoms with Crippen molar-refractivity contribution in [2.75, 3.05) is 30.3 Å². The number of nitrogens with zero attached hydrogens (tertiary/aromatic N) is 1. The molecule has 4 nitrogen and oxygen atoms in total. The second kappa shape index (κ2) is 4.74. The molecular formula is C11H14BrN3O. The smallest absolute Gasteiger partial charge is 0.239 e. The van der Waals surface area contributed by atoms with Crippen LogP contribution in [0, 0.1) is 0 Å². The summed E-state index contributed by atoms with van der Waals surface area (Å²) >= 11 is 3.47. The molecule has 1 fully saturated rings. The molecule has 3 N–H and O–H groups in total. The first-order valence-electron chi connectivity index (χ1n) is 5.23. The lowest BCUT2D eigenvalue weighted by atomic mass is 10.2. The van der Waals surface area contributed by atoms with Gasteiger partial charge in [-0.3, -0.25) is 4.79 Å². The molecule has 1 heterocycles. The minimum absolute atomic E-state index is 0.0706. The van der Waals surface area contributed by atoms with Crippen LogP contribution < -0.4 is 16.0 Å². The first kappa shape index (κ1) is 11.3. The lowest BCUT2D eigenvalue weighted by molar-refractivity contribution is -0.119. The van der Waals surface area contributed by atoms with Crippen molar-refractivity contribution in [3.8, 4) is 0 Å². The number of rotatable bonds is 1. The molecule has 1 aromatic rings. The highest BCUT2D eigenvalue weighted by Crippen LogP contribution is 2.28. The number of carbonyl (C=O) groups excluding carboxylic acids is 1. The van der Waals surface area contributed by atoms with Gasteiger partial charge in [0.2, 0.25) is 5.91 Å². The van der Waals surface area contributed by atoms with Gasteiger partial charge in [0.1, 0.15) is 0 Å². The fraction of sp³-hybridized carbons (Fsp3) is 0.364. The third kappa shape index (κ3) is 2.47. The number of hydrogen-bond acceptors (Lipinski definition) is 3. The van der Waals surface area contributed by atoms with E-state index in [1.54, 1.807) is 0 Å². The van der Waals surface area contributed by atoms with Gasteiger partial charge in [-0.25, -0.2) is 0 Å². The number of anilines is 2. The summed E-state index contributed by atoms with van der Waals surface area (Å²) in [5.74, 6) is 0.0706. The van der Waals surface area contributed by atoms with Crippen molar-refractivity contribution in [1.82, 2.24) is 5.32 Å². The Morgan fingerprint density at radius 3 is 3.00 bits per heavy atom. The van der Waals surface area contributed by atoms with Crippen molar-refractivity contribution in [2.45, 2.75) is 6.42 Å². The number of nitrogen functional groups attached to an aromatic ring is 1. The van der Waals surface area contributed by atoms with Crippen LogP contribution in [-0.4, -0.2) is 25.5 Å². The van der Waals surface area contributed by atoms with E-state index in [4.69, 9.17) is 5.73 Å². The first-order chi connectivity index (χ1) is 7.66. The lowest BCUT2D eigenvalue weighted by Crippen LogP contribution is -2.33. The Labute approximate surface area is 103 Å². The number of halogens is 1. The van der Waals surface area contributed by atoms with Crippen molar-refractivity contribution in [1.29, 1.82) is 0 Å². The molecule has 0 saturated carbocycles. The minimum Gasteiger partial charge on any atom is -0.399 e. The van der Waals surface area contributed by atoms with Crippen LogP contribution in [0.5, 0.6) is 0 Å². The molecule has 0 atom stereocenters. The second-order valence-corrected chi connectivity index (χ2v) is 4.69. The van der Waals surface area contributed by atoms with Crippen LogP contribution in [0.3, 0.4) is 0 Å². The van der Waals surface area contributed by atoms with Crippen molar-refractivity contribution < 1.29 is 4.79 Å². The Balaban J connectivity index is 2.24. The fourth-order valence-electron chi connectivity index (χ4n) is 1.79. The maximum Gasteiger partial charge on any atom is 0.239 e. The van der Waals surface area contributed by atoms with E-state index in [9.17, 15) is 4.79 Å². The highest BCUT2D eigenvalue weighted by atomic mass is 79.9. The first-order valence-corrected chi connectivity index (χ1v) is 6.03. The maximum atomic E-state index is 11.5. The van der Waals surface area contributed by atoms with Gasteiger partial charge in [0.15, 0.2) is 0 Å².